The Bertz CT molecular complexity index is 233. The Hall–Kier alpha value is -0.603. The second kappa shape index (κ2) is 5.20. The van der Waals surface area contributed by atoms with Crippen molar-refractivity contribution in [1.29, 1.82) is 0 Å². The summed E-state index contributed by atoms with van der Waals surface area (Å²) in [5.41, 5.74) is 0. The summed E-state index contributed by atoms with van der Waals surface area (Å²) in [4.78, 5) is 0. The Kier molecular flexibility index (Phi) is 4.19. The largest absolute Gasteiger partial charge is 0.413 e. The molecule has 0 radical (unpaired) electrons. The van der Waals surface area contributed by atoms with Crippen molar-refractivity contribution in [2.75, 3.05) is 0 Å². The van der Waals surface area contributed by atoms with Crippen LogP contribution in [0.3, 0.4) is 0 Å². The van der Waals surface area contributed by atoms with Crippen molar-refractivity contribution in [3.05, 3.63) is 30.3 Å². The van der Waals surface area contributed by atoms with E-state index in [9.17, 15) is 0 Å². The normalized spacial score (nSPS) is 13.2. The predicted molar refractivity (Wildman–Crippen MR) is 59.9 cm³/mol. The number of benzene rings is 1. The van der Waals surface area contributed by atoms with E-state index >= 15 is 0 Å². The van der Waals surface area contributed by atoms with Gasteiger partial charge in [-0.05, 0) is 25.1 Å². The van der Waals surface area contributed by atoms with Gasteiger partial charge in [-0.25, -0.2) is 0 Å². The van der Waals surface area contributed by atoms with E-state index in [1.807, 2.05) is 0 Å². The first-order valence-corrected chi connectivity index (χ1v) is 6.81. The first-order chi connectivity index (χ1) is 6.24. The predicted octanol–water partition coefficient (Wildman–Crippen LogP) is 2.06. The molecule has 0 spiro atoms. The lowest BCUT2D eigenvalue weighted by Gasteiger charge is -2.17. The minimum atomic E-state index is -1.13. The summed E-state index contributed by atoms with van der Waals surface area (Å²) in [6.07, 6.45) is 0.358. The van der Waals surface area contributed by atoms with Crippen LogP contribution in [0, 0.1) is 0 Å². The van der Waals surface area contributed by atoms with Crippen molar-refractivity contribution in [2.24, 2.45) is 0 Å². The van der Waals surface area contributed by atoms with Gasteiger partial charge in [0.1, 0.15) is 0 Å². The lowest BCUT2D eigenvalue weighted by molar-refractivity contribution is 0.248. The Balaban J connectivity index is 2.67. The second-order valence-corrected chi connectivity index (χ2v) is 6.23. The van der Waals surface area contributed by atoms with Crippen LogP contribution in [0.2, 0.25) is 6.04 Å². The Labute approximate surface area is 82.5 Å². The molecule has 0 fully saturated rings. The van der Waals surface area contributed by atoms with E-state index in [2.05, 4.69) is 51.1 Å². The number of hydrogen-bond donors (Lipinski definition) is 0. The molecule has 0 aromatic heterocycles. The molecule has 0 aliphatic carbocycles. The zero-order chi connectivity index (χ0) is 9.68. The minimum absolute atomic E-state index is 0.358. The van der Waals surface area contributed by atoms with Gasteiger partial charge in [0, 0.05) is 6.10 Å². The van der Waals surface area contributed by atoms with Gasteiger partial charge in [-0.15, -0.1) is 0 Å². The van der Waals surface area contributed by atoms with Gasteiger partial charge in [0.25, 0.3) is 0 Å². The zero-order valence-corrected chi connectivity index (χ0v) is 9.81. The maximum Gasteiger partial charge on any atom is 0.208 e. The average molecular weight is 194 g/mol. The molecule has 0 aliphatic heterocycles. The molecule has 0 saturated carbocycles. The number of rotatable bonds is 4. The van der Waals surface area contributed by atoms with Crippen LogP contribution < -0.4 is 5.19 Å². The summed E-state index contributed by atoms with van der Waals surface area (Å²) in [6.45, 7) is 6.43. The van der Waals surface area contributed by atoms with Crippen molar-refractivity contribution in [3.8, 4) is 0 Å². The molecule has 1 aromatic carbocycles. The average Bonchev–Trinajstić information content (AvgIpc) is 2.15. The van der Waals surface area contributed by atoms with Crippen LogP contribution in [0.15, 0.2) is 30.3 Å². The Morgan fingerprint density at radius 2 is 1.85 bits per heavy atom. The van der Waals surface area contributed by atoms with Crippen LogP contribution in [0.5, 0.6) is 0 Å². The number of hydrogen-bond acceptors (Lipinski definition) is 1. The Morgan fingerprint density at radius 1 is 1.23 bits per heavy atom. The first kappa shape index (κ1) is 10.5. The summed E-state index contributed by atoms with van der Waals surface area (Å²) in [6, 6.07) is 11.8. The highest BCUT2D eigenvalue weighted by molar-refractivity contribution is 6.67. The standard InChI is InChI=1S/C11H18OSi/c1-4-13(12-10(2)3)11-8-6-5-7-9-11/h5-10,13H,4H2,1-3H3. The van der Waals surface area contributed by atoms with Crippen molar-refractivity contribution < 1.29 is 4.43 Å². The quantitative estimate of drug-likeness (QED) is 0.667. The highest BCUT2D eigenvalue weighted by atomic mass is 28.3. The highest BCUT2D eigenvalue weighted by Crippen LogP contribution is 2.00. The fraction of sp³-hybridized carbons (Fsp3) is 0.455. The molecule has 72 valence electrons. The van der Waals surface area contributed by atoms with Gasteiger partial charge in [-0.3, -0.25) is 0 Å². The summed E-state index contributed by atoms with van der Waals surface area (Å²) in [5.74, 6) is 0. The smallest absolute Gasteiger partial charge is 0.208 e. The molecule has 2 heteroatoms. The molecule has 1 nitrogen and oxygen atoms in total. The van der Waals surface area contributed by atoms with Crippen LogP contribution in [0.1, 0.15) is 20.8 Å². The summed E-state index contributed by atoms with van der Waals surface area (Å²) < 4.78 is 5.92. The van der Waals surface area contributed by atoms with E-state index in [4.69, 9.17) is 4.43 Å². The lowest BCUT2D eigenvalue weighted by atomic mass is 10.4. The SMILES string of the molecule is CC[SiH](OC(C)C)c1ccccc1. The van der Waals surface area contributed by atoms with E-state index in [0.717, 1.165) is 0 Å². The van der Waals surface area contributed by atoms with Crippen molar-refractivity contribution in [3.63, 3.8) is 0 Å². The molecular formula is C11H18OSi. The van der Waals surface area contributed by atoms with Crippen LogP contribution in [-0.4, -0.2) is 15.1 Å². The van der Waals surface area contributed by atoms with Crippen molar-refractivity contribution in [2.45, 2.75) is 32.9 Å². The molecule has 1 rings (SSSR count). The van der Waals surface area contributed by atoms with Gasteiger partial charge < -0.3 is 4.43 Å². The summed E-state index contributed by atoms with van der Waals surface area (Å²) in [5, 5.41) is 1.42. The summed E-state index contributed by atoms with van der Waals surface area (Å²) in [7, 11) is -1.13. The molecule has 0 N–H and O–H groups in total. The molecule has 1 atom stereocenters. The molecule has 0 aliphatic rings. The van der Waals surface area contributed by atoms with Gasteiger partial charge >= 0.3 is 0 Å². The topological polar surface area (TPSA) is 9.23 Å². The fourth-order valence-corrected chi connectivity index (χ4v) is 3.54. The van der Waals surface area contributed by atoms with Gasteiger partial charge in [0.2, 0.25) is 9.04 Å². The minimum Gasteiger partial charge on any atom is -0.413 e. The van der Waals surface area contributed by atoms with Crippen LogP contribution >= 0.6 is 0 Å². The molecule has 0 saturated heterocycles. The molecular weight excluding hydrogens is 176 g/mol. The van der Waals surface area contributed by atoms with E-state index < -0.39 is 9.04 Å². The molecule has 1 aromatic rings. The van der Waals surface area contributed by atoms with E-state index in [-0.39, 0.29) is 0 Å². The van der Waals surface area contributed by atoms with Crippen LogP contribution in [0.4, 0.5) is 0 Å². The van der Waals surface area contributed by atoms with Gasteiger partial charge in [0.15, 0.2) is 0 Å². The Morgan fingerprint density at radius 3 is 2.31 bits per heavy atom. The molecule has 13 heavy (non-hydrogen) atoms. The molecule has 0 heterocycles. The maximum atomic E-state index is 5.92. The summed E-state index contributed by atoms with van der Waals surface area (Å²) >= 11 is 0. The van der Waals surface area contributed by atoms with Crippen LogP contribution in [-0.2, 0) is 4.43 Å². The third kappa shape index (κ3) is 3.33. The lowest BCUT2D eigenvalue weighted by Crippen LogP contribution is -2.34. The fourth-order valence-electron chi connectivity index (χ4n) is 1.41. The van der Waals surface area contributed by atoms with Gasteiger partial charge in [-0.1, -0.05) is 37.3 Å². The second-order valence-electron chi connectivity index (χ2n) is 3.49. The molecule has 1 unspecified atom stereocenters. The van der Waals surface area contributed by atoms with Gasteiger partial charge in [-0.2, -0.15) is 0 Å². The maximum absolute atomic E-state index is 5.92. The van der Waals surface area contributed by atoms with Crippen molar-refractivity contribution in [1.82, 2.24) is 0 Å². The van der Waals surface area contributed by atoms with E-state index in [1.165, 1.54) is 11.2 Å². The monoisotopic (exact) mass is 194 g/mol. The van der Waals surface area contributed by atoms with Gasteiger partial charge in [0.05, 0.1) is 0 Å². The van der Waals surface area contributed by atoms with Crippen LogP contribution in [0.25, 0.3) is 0 Å². The third-order valence-corrected chi connectivity index (χ3v) is 4.72. The molecule has 0 amide bonds. The zero-order valence-electron chi connectivity index (χ0n) is 8.66. The first-order valence-electron chi connectivity index (χ1n) is 4.94. The highest BCUT2D eigenvalue weighted by Gasteiger charge is 2.12. The molecule has 0 bridgehead atoms. The van der Waals surface area contributed by atoms with E-state index in [0.29, 0.717) is 6.10 Å². The third-order valence-electron chi connectivity index (χ3n) is 1.98. The van der Waals surface area contributed by atoms with Crippen molar-refractivity contribution >= 4 is 14.2 Å². The van der Waals surface area contributed by atoms with E-state index in [1.54, 1.807) is 0 Å².